The van der Waals surface area contributed by atoms with Crippen LogP contribution < -0.4 is 10.4 Å². The van der Waals surface area contributed by atoms with Gasteiger partial charge in [0.15, 0.2) is 0 Å². The number of nitrogens with zero attached hydrogens (tertiary/aromatic N) is 2. The topological polar surface area (TPSA) is 63.0 Å². The van der Waals surface area contributed by atoms with Gasteiger partial charge in [-0.25, -0.2) is 4.79 Å². The lowest BCUT2D eigenvalue weighted by Gasteiger charge is -2.34. The molecule has 0 atom stereocenters. The summed E-state index contributed by atoms with van der Waals surface area (Å²) in [6.45, 7) is 3.38. The number of carbonyl (C=O) groups excluding carboxylic acids is 1. The van der Waals surface area contributed by atoms with Crippen LogP contribution in [0.5, 0.6) is 5.75 Å². The van der Waals surface area contributed by atoms with E-state index in [1.54, 1.807) is 30.2 Å². The van der Waals surface area contributed by atoms with E-state index in [1.807, 2.05) is 30.3 Å². The zero-order valence-corrected chi connectivity index (χ0v) is 15.8. The molecule has 28 heavy (non-hydrogen) atoms. The Hall–Kier alpha value is -3.12. The zero-order valence-electron chi connectivity index (χ0n) is 15.8. The third kappa shape index (κ3) is 3.64. The van der Waals surface area contributed by atoms with Gasteiger partial charge in [-0.3, -0.25) is 9.69 Å². The summed E-state index contributed by atoms with van der Waals surface area (Å²) in [6.07, 6.45) is 0. The number of benzene rings is 2. The lowest BCUT2D eigenvalue weighted by atomic mass is 10.1. The highest BCUT2D eigenvalue weighted by molar-refractivity contribution is 5.96. The second kappa shape index (κ2) is 7.86. The predicted molar refractivity (Wildman–Crippen MR) is 107 cm³/mol. The molecule has 1 amide bonds. The number of piperazine rings is 1. The first-order valence-electron chi connectivity index (χ1n) is 9.32. The maximum atomic E-state index is 12.9. The molecular formula is C22H22N2O4. The van der Waals surface area contributed by atoms with Crippen LogP contribution in [0.2, 0.25) is 0 Å². The average molecular weight is 378 g/mol. The molecule has 2 heterocycles. The van der Waals surface area contributed by atoms with Gasteiger partial charge >= 0.3 is 5.63 Å². The molecule has 144 valence electrons. The fourth-order valence-electron chi connectivity index (χ4n) is 3.56. The highest BCUT2D eigenvalue weighted by Gasteiger charge is 2.25. The molecular weight excluding hydrogens is 356 g/mol. The SMILES string of the molecule is COc1ccccc1CN1CCN(C(=O)c2cc3ccccc3oc2=O)CC1. The fourth-order valence-corrected chi connectivity index (χ4v) is 3.56. The van der Waals surface area contributed by atoms with Gasteiger partial charge in [-0.2, -0.15) is 0 Å². The van der Waals surface area contributed by atoms with Crippen LogP contribution >= 0.6 is 0 Å². The molecule has 0 spiro atoms. The Balaban J connectivity index is 1.44. The minimum Gasteiger partial charge on any atom is -0.496 e. The van der Waals surface area contributed by atoms with Gasteiger partial charge in [0.2, 0.25) is 0 Å². The van der Waals surface area contributed by atoms with E-state index in [0.717, 1.165) is 36.3 Å². The standard InChI is InChI=1S/C22H22N2O4/c1-27-19-8-4-3-7-17(19)15-23-10-12-24(13-11-23)21(25)18-14-16-6-2-5-9-20(16)28-22(18)26/h2-9,14H,10-13,15H2,1H3. The van der Waals surface area contributed by atoms with Gasteiger partial charge in [0, 0.05) is 43.7 Å². The van der Waals surface area contributed by atoms with E-state index < -0.39 is 5.63 Å². The fraction of sp³-hybridized carbons (Fsp3) is 0.273. The van der Waals surface area contributed by atoms with Crippen LogP contribution in [0.1, 0.15) is 15.9 Å². The summed E-state index contributed by atoms with van der Waals surface area (Å²) < 4.78 is 10.7. The number of hydrogen-bond donors (Lipinski definition) is 0. The molecule has 0 saturated carbocycles. The molecule has 2 aromatic carbocycles. The summed E-state index contributed by atoms with van der Waals surface area (Å²) >= 11 is 0. The first-order chi connectivity index (χ1) is 13.7. The summed E-state index contributed by atoms with van der Waals surface area (Å²) in [5, 5.41) is 0.750. The maximum Gasteiger partial charge on any atom is 0.349 e. The van der Waals surface area contributed by atoms with E-state index >= 15 is 0 Å². The molecule has 3 aromatic rings. The number of carbonyl (C=O) groups is 1. The van der Waals surface area contributed by atoms with Crippen molar-refractivity contribution in [2.75, 3.05) is 33.3 Å². The number of hydrogen-bond acceptors (Lipinski definition) is 5. The van der Waals surface area contributed by atoms with Crippen molar-refractivity contribution in [3.8, 4) is 5.75 Å². The molecule has 6 heteroatoms. The number of ether oxygens (including phenoxy) is 1. The summed E-state index contributed by atoms with van der Waals surface area (Å²) in [5.41, 5.74) is 1.13. The normalized spacial score (nSPS) is 15.0. The predicted octanol–water partition coefficient (Wildman–Crippen LogP) is 2.76. The van der Waals surface area contributed by atoms with Gasteiger partial charge in [0.05, 0.1) is 7.11 Å². The van der Waals surface area contributed by atoms with Crippen LogP contribution in [-0.4, -0.2) is 49.0 Å². The number of rotatable bonds is 4. The third-order valence-corrected chi connectivity index (χ3v) is 5.12. The molecule has 1 aliphatic rings. The molecule has 0 aliphatic carbocycles. The van der Waals surface area contributed by atoms with Crippen LogP contribution in [0.15, 0.2) is 63.8 Å². The van der Waals surface area contributed by atoms with E-state index in [9.17, 15) is 9.59 Å². The molecule has 0 unspecified atom stereocenters. The molecule has 0 bridgehead atoms. The summed E-state index contributed by atoms with van der Waals surface area (Å²) in [4.78, 5) is 29.1. The van der Waals surface area contributed by atoms with Crippen LogP contribution in [0.4, 0.5) is 0 Å². The van der Waals surface area contributed by atoms with E-state index in [4.69, 9.17) is 9.15 Å². The van der Waals surface area contributed by atoms with Crippen molar-refractivity contribution in [1.29, 1.82) is 0 Å². The first-order valence-corrected chi connectivity index (χ1v) is 9.32. The minimum atomic E-state index is -0.583. The van der Waals surface area contributed by atoms with Crippen molar-refractivity contribution in [3.05, 3.63) is 76.1 Å². The van der Waals surface area contributed by atoms with E-state index in [2.05, 4.69) is 11.0 Å². The third-order valence-electron chi connectivity index (χ3n) is 5.12. The van der Waals surface area contributed by atoms with E-state index in [0.29, 0.717) is 18.7 Å². The van der Waals surface area contributed by atoms with Crippen molar-refractivity contribution < 1.29 is 13.9 Å². The van der Waals surface area contributed by atoms with Gasteiger partial charge in [-0.05, 0) is 18.2 Å². The summed E-state index contributed by atoms with van der Waals surface area (Å²) in [7, 11) is 1.67. The van der Waals surface area contributed by atoms with Crippen LogP contribution in [0.3, 0.4) is 0 Å². The van der Waals surface area contributed by atoms with Crippen LogP contribution in [0, 0.1) is 0 Å². The number of methoxy groups -OCH3 is 1. The highest BCUT2D eigenvalue weighted by Crippen LogP contribution is 2.20. The lowest BCUT2D eigenvalue weighted by Crippen LogP contribution is -2.49. The first kappa shape index (κ1) is 18.3. The van der Waals surface area contributed by atoms with Gasteiger partial charge < -0.3 is 14.1 Å². The maximum absolute atomic E-state index is 12.9. The Morgan fingerprint density at radius 2 is 1.75 bits per heavy atom. The second-order valence-corrected chi connectivity index (χ2v) is 6.87. The van der Waals surface area contributed by atoms with Gasteiger partial charge in [0.1, 0.15) is 16.9 Å². The van der Waals surface area contributed by atoms with Crippen molar-refractivity contribution >= 4 is 16.9 Å². The quantitative estimate of drug-likeness (QED) is 0.654. The Labute approximate surface area is 162 Å². The monoisotopic (exact) mass is 378 g/mol. The Morgan fingerprint density at radius 1 is 1.04 bits per heavy atom. The van der Waals surface area contributed by atoms with Crippen LogP contribution in [-0.2, 0) is 6.54 Å². The average Bonchev–Trinajstić information content (AvgIpc) is 2.73. The molecule has 1 aromatic heterocycles. The summed E-state index contributed by atoms with van der Waals surface area (Å²) in [5.74, 6) is 0.603. The molecule has 1 fully saturated rings. The number of amides is 1. The smallest absolute Gasteiger partial charge is 0.349 e. The highest BCUT2D eigenvalue weighted by atomic mass is 16.5. The Kier molecular flexibility index (Phi) is 5.12. The number of fused-ring (bicyclic) bond motifs is 1. The second-order valence-electron chi connectivity index (χ2n) is 6.87. The van der Waals surface area contributed by atoms with Crippen molar-refractivity contribution in [2.45, 2.75) is 6.54 Å². The van der Waals surface area contributed by atoms with E-state index in [1.165, 1.54) is 0 Å². The summed E-state index contributed by atoms with van der Waals surface area (Å²) in [6, 6.07) is 16.8. The van der Waals surface area contributed by atoms with Crippen molar-refractivity contribution in [1.82, 2.24) is 9.80 Å². The number of para-hydroxylation sites is 2. The Morgan fingerprint density at radius 3 is 2.54 bits per heavy atom. The van der Waals surface area contributed by atoms with Crippen LogP contribution in [0.25, 0.3) is 11.0 Å². The molecule has 4 rings (SSSR count). The van der Waals surface area contributed by atoms with Crippen molar-refractivity contribution in [3.63, 3.8) is 0 Å². The van der Waals surface area contributed by atoms with E-state index in [-0.39, 0.29) is 11.5 Å². The molecule has 1 aliphatic heterocycles. The molecule has 0 N–H and O–H groups in total. The largest absolute Gasteiger partial charge is 0.496 e. The zero-order chi connectivity index (χ0) is 19.5. The molecule has 0 radical (unpaired) electrons. The van der Waals surface area contributed by atoms with Gasteiger partial charge in [0.25, 0.3) is 5.91 Å². The van der Waals surface area contributed by atoms with Crippen molar-refractivity contribution in [2.24, 2.45) is 0 Å². The minimum absolute atomic E-state index is 0.0943. The molecule has 6 nitrogen and oxygen atoms in total. The van der Waals surface area contributed by atoms with Gasteiger partial charge in [-0.15, -0.1) is 0 Å². The molecule has 1 saturated heterocycles. The lowest BCUT2D eigenvalue weighted by molar-refractivity contribution is 0.0623. The Bertz CT molecular complexity index is 1050. The van der Waals surface area contributed by atoms with Gasteiger partial charge in [-0.1, -0.05) is 36.4 Å².